The Morgan fingerprint density at radius 2 is 2.05 bits per heavy atom. The van der Waals surface area contributed by atoms with Crippen LogP contribution in [0.3, 0.4) is 0 Å². The highest BCUT2D eigenvalue weighted by molar-refractivity contribution is 7.12. The summed E-state index contributed by atoms with van der Waals surface area (Å²) < 4.78 is 5.73. The van der Waals surface area contributed by atoms with Crippen molar-refractivity contribution in [2.45, 2.75) is 25.6 Å². The summed E-state index contributed by atoms with van der Waals surface area (Å²) in [6, 6.07) is 6.05. The lowest BCUT2D eigenvalue weighted by molar-refractivity contribution is 0.354. The molecule has 4 heteroatoms. The van der Waals surface area contributed by atoms with Crippen molar-refractivity contribution in [1.29, 1.82) is 0 Å². The van der Waals surface area contributed by atoms with Crippen molar-refractivity contribution in [1.82, 2.24) is 0 Å². The molecule has 1 unspecified atom stereocenters. The van der Waals surface area contributed by atoms with Gasteiger partial charge in [-0.05, 0) is 43.2 Å². The zero-order valence-corrected chi connectivity index (χ0v) is 13.1. The molecule has 1 aliphatic rings. The molecule has 0 bridgehead atoms. The maximum atomic E-state index is 6.64. The molecule has 0 saturated heterocycles. The Labute approximate surface area is 127 Å². The van der Waals surface area contributed by atoms with E-state index in [0.29, 0.717) is 0 Å². The maximum absolute atomic E-state index is 6.64. The van der Waals surface area contributed by atoms with Gasteiger partial charge in [-0.2, -0.15) is 0 Å². The third-order valence-corrected chi connectivity index (χ3v) is 5.52. The molecule has 19 heavy (non-hydrogen) atoms. The molecule has 0 N–H and O–H groups in total. The summed E-state index contributed by atoms with van der Waals surface area (Å²) in [6.45, 7) is 4.94. The molecule has 2 aromatic rings. The minimum atomic E-state index is -0.192. The van der Waals surface area contributed by atoms with Crippen molar-refractivity contribution < 1.29 is 4.74 Å². The molecule has 0 fully saturated rings. The third-order valence-electron chi connectivity index (χ3n) is 3.49. The SMILES string of the molecule is Cc1cc(C(Cl)c2cc(Cl)cc3c2OCC3)sc1C. The van der Waals surface area contributed by atoms with Crippen LogP contribution in [0.4, 0.5) is 0 Å². The highest BCUT2D eigenvalue weighted by atomic mass is 35.5. The second-order valence-corrected chi connectivity index (χ2v) is 6.99. The summed E-state index contributed by atoms with van der Waals surface area (Å²) >= 11 is 14.6. The highest BCUT2D eigenvalue weighted by Gasteiger charge is 2.24. The zero-order valence-electron chi connectivity index (χ0n) is 10.8. The third kappa shape index (κ3) is 2.37. The van der Waals surface area contributed by atoms with E-state index in [9.17, 15) is 0 Å². The van der Waals surface area contributed by atoms with Gasteiger partial charge in [0.1, 0.15) is 5.75 Å². The van der Waals surface area contributed by atoms with Crippen LogP contribution in [0.25, 0.3) is 0 Å². The fourth-order valence-electron chi connectivity index (χ4n) is 2.37. The molecule has 100 valence electrons. The number of alkyl halides is 1. The predicted octanol–water partition coefficient (Wildman–Crippen LogP) is 5.28. The molecule has 1 aromatic carbocycles. The molecule has 0 aliphatic carbocycles. The van der Waals surface area contributed by atoms with Gasteiger partial charge in [0.2, 0.25) is 0 Å². The summed E-state index contributed by atoms with van der Waals surface area (Å²) in [6.07, 6.45) is 0.912. The number of thiophene rings is 1. The fraction of sp³-hybridized carbons (Fsp3) is 0.333. The first-order valence-corrected chi connectivity index (χ1v) is 7.85. The van der Waals surface area contributed by atoms with Crippen LogP contribution in [0.2, 0.25) is 5.02 Å². The molecule has 0 spiro atoms. The van der Waals surface area contributed by atoms with Gasteiger partial charge in [-0.25, -0.2) is 0 Å². The van der Waals surface area contributed by atoms with E-state index < -0.39 is 0 Å². The van der Waals surface area contributed by atoms with Gasteiger partial charge in [-0.1, -0.05) is 11.6 Å². The summed E-state index contributed by atoms with van der Waals surface area (Å²) in [5, 5.41) is 0.540. The monoisotopic (exact) mass is 312 g/mol. The summed E-state index contributed by atoms with van der Waals surface area (Å²) in [5.74, 6) is 0.924. The predicted molar refractivity (Wildman–Crippen MR) is 82.1 cm³/mol. The Morgan fingerprint density at radius 1 is 1.26 bits per heavy atom. The number of rotatable bonds is 2. The molecule has 2 heterocycles. The topological polar surface area (TPSA) is 9.23 Å². The van der Waals surface area contributed by atoms with Crippen LogP contribution in [0.1, 0.15) is 31.8 Å². The lowest BCUT2D eigenvalue weighted by Gasteiger charge is -2.13. The Bertz CT molecular complexity index is 614. The van der Waals surface area contributed by atoms with Crippen molar-refractivity contribution in [2.24, 2.45) is 0 Å². The average Bonchev–Trinajstić information content (AvgIpc) is 2.95. The molecular formula is C15H14Cl2OS. The van der Waals surface area contributed by atoms with E-state index in [4.69, 9.17) is 27.9 Å². The van der Waals surface area contributed by atoms with Gasteiger partial charge in [-0.3, -0.25) is 0 Å². The van der Waals surface area contributed by atoms with Crippen LogP contribution < -0.4 is 4.74 Å². The molecule has 0 saturated carbocycles. The van der Waals surface area contributed by atoms with Gasteiger partial charge in [0, 0.05) is 26.8 Å². The van der Waals surface area contributed by atoms with E-state index in [2.05, 4.69) is 19.9 Å². The van der Waals surface area contributed by atoms with Gasteiger partial charge in [0.05, 0.1) is 12.0 Å². The van der Waals surface area contributed by atoms with Crippen LogP contribution in [-0.2, 0) is 6.42 Å². The molecule has 1 aromatic heterocycles. The number of hydrogen-bond acceptors (Lipinski definition) is 2. The molecule has 1 aliphatic heterocycles. The minimum absolute atomic E-state index is 0.192. The minimum Gasteiger partial charge on any atom is -0.493 e. The van der Waals surface area contributed by atoms with Crippen molar-refractivity contribution in [2.75, 3.05) is 6.61 Å². The average molecular weight is 313 g/mol. The number of hydrogen-bond donors (Lipinski definition) is 0. The summed E-state index contributed by atoms with van der Waals surface area (Å²) in [7, 11) is 0. The Hall–Kier alpha value is -0.700. The molecule has 3 rings (SSSR count). The first-order valence-electron chi connectivity index (χ1n) is 6.22. The van der Waals surface area contributed by atoms with E-state index in [1.807, 2.05) is 12.1 Å². The molecule has 0 radical (unpaired) electrons. The summed E-state index contributed by atoms with van der Waals surface area (Å²) in [4.78, 5) is 2.46. The van der Waals surface area contributed by atoms with Crippen molar-refractivity contribution in [3.63, 3.8) is 0 Å². The normalized spacial score (nSPS) is 15.2. The lowest BCUT2D eigenvalue weighted by atomic mass is 10.0. The second kappa shape index (κ2) is 5.01. The van der Waals surface area contributed by atoms with Crippen molar-refractivity contribution in [3.05, 3.63) is 49.7 Å². The Kier molecular flexibility index (Phi) is 3.50. The zero-order chi connectivity index (χ0) is 13.6. The van der Waals surface area contributed by atoms with Crippen LogP contribution in [-0.4, -0.2) is 6.61 Å². The van der Waals surface area contributed by atoms with Gasteiger partial charge in [0.15, 0.2) is 0 Å². The standard InChI is InChI=1S/C15H14Cl2OS/c1-8-5-13(19-9(8)2)14(17)12-7-11(16)6-10-3-4-18-15(10)12/h5-7,14H,3-4H2,1-2H3. The second-order valence-electron chi connectivity index (χ2n) is 4.83. The number of fused-ring (bicyclic) bond motifs is 1. The Balaban J connectivity index is 2.07. The van der Waals surface area contributed by atoms with Crippen molar-refractivity contribution >= 4 is 34.5 Å². The van der Waals surface area contributed by atoms with E-state index in [-0.39, 0.29) is 5.38 Å². The van der Waals surface area contributed by atoms with E-state index in [0.717, 1.165) is 39.8 Å². The fourth-order valence-corrected chi connectivity index (χ4v) is 4.01. The Morgan fingerprint density at radius 3 is 2.74 bits per heavy atom. The van der Waals surface area contributed by atoms with Gasteiger partial charge in [0.25, 0.3) is 0 Å². The van der Waals surface area contributed by atoms with Crippen molar-refractivity contribution in [3.8, 4) is 5.75 Å². The maximum Gasteiger partial charge on any atom is 0.127 e. The lowest BCUT2D eigenvalue weighted by Crippen LogP contribution is -1.95. The first-order chi connectivity index (χ1) is 9.06. The largest absolute Gasteiger partial charge is 0.493 e. The molecular weight excluding hydrogens is 299 g/mol. The van der Waals surface area contributed by atoms with Gasteiger partial charge < -0.3 is 4.74 Å². The highest BCUT2D eigenvalue weighted by Crippen LogP contribution is 2.43. The van der Waals surface area contributed by atoms with E-state index in [1.54, 1.807) is 11.3 Å². The quantitative estimate of drug-likeness (QED) is 0.685. The van der Waals surface area contributed by atoms with Crippen LogP contribution >= 0.6 is 34.5 Å². The number of halogens is 2. The molecule has 0 amide bonds. The van der Waals surface area contributed by atoms with Crippen LogP contribution in [0, 0.1) is 13.8 Å². The van der Waals surface area contributed by atoms with Gasteiger partial charge >= 0.3 is 0 Å². The first kappa shape index (κ1) is 13.3. The van der Waals surface area contributed by atoms with E-state index in [1.165, 1.54) is 10.4 Å². The molecule has 1 atom stereocenters. The molecule has 1 nitrogen and oxygen atoms in total. The number of aryl methyl sites for hydroxylation is 2. The number of benzene rings is 1. The van der Waals surface area contributed by atoms with Gasteiger partial charge in [-0.15, -0.1) is 22.9 Å². The van der Waals surface area contributed by atoms with Crippen LogP contribution in [0.5, 0.6) is 5.75 Å². The number of ether oxygens (including phenoxy) is 1. The van der Waals surface area contributed by atoms with E-state index >= 15 is 0 Å². The smallest absolute Gasteiger partial charge is 0.127 e. The summed E-state index contributed by atoms with van der Waals surface area (Å²) in [5.41, 5.74) is 3.44. The van der Waals surface area contributed by atoms with Crippen LogP contribution in [0.15, 0.2) is 18.2 Å².